The van der Waals surface area contributed by atoms with Gasteiger partial charge in [-0.05, 0) is 67.8 Å². The van der Waals surface area contributed by atoms with Crippen molar-refractivity contribution in [2.24, 2.45) is 0 Å². The lowest BCUT2D eigenvalue weighted by atomic mass is 10.2. The number of anilines is 1. The van der Waals surface area contributed by atoms with Gasteiger partial charge in [0.05, 0.1) is 17.3 Å². The number of halogens is 3. The minimum atomic E-state index is 0.0974. The van der Waals surface area contributed by atoms with Gasteiger partial charge in [0.2, 0.25) is 0 Å². The zero-order valence-corrected chi connectivity index (χ0v) is 14.5. The molecule has 3 nitrogen and oxygen atoms in total. The number of hydrogen-bond donors (Lipinski definition) is 2. The lowest BCUT2D eigenvalue weighted by molar-refractivity contribution is 0.371. The van der Waals surface area contributed by atoms with Crippen molar-refractivity contribution in [3.63, 3.8) is 0 Å². The highest BCUT2D eigenvalue weighted by atomic mass is 79.9. The predicted octanol–water partition coefficient (Wildman–Crippen LogP) is 5.19. The monoisotopic (exact) mass is 419 g/mol. The summed E-state index contributed by atoms with van der Waals surface area (Å²) in [5, 5.41) is 13.7. The van der Waals surface area contributed by atoms with Crippen LogP contribution in [-0.4, -0.2) is 12.2 Å². The van der Waals surface area contributed by atoms with Crippen LogP contribution >= 0.6 is 43.5 Å². The molecule has 0 spiro atoms. The Hall–Kier alpha value is -0.910. The van der Waals surface area contributed by atoms with E-state index in [1.54, 1.807) is 6.07 Å². The highest BCUT2D eigenvalue weighted by molar-refractivity contribution is 9.11. The Morgan fingerprint density at radius 2 is 1.95 bits per heavy atom. The van der Waals surface area contributed by atoms with Crippen molar-refractivity contribution < 1.29 is 9.84 Å². The Bertz CT molecular complexity index is 635. The second-order valence-corrected chi connectivity index (χ2v) is 6.25. The van der Waals surface area contributed by atoms with E-state index in [1.807, 2.05) is 24.3 Å². The summed E-state index contributed by atoms with van der Waals surface area (Å²) >= 11 is 12.7. The van der Waals surface area contributed by atoms with Gasteiger partial charge < -0.3 is 15.2 Å². The number of methoxy groups -OCH3 is 1. The van der Waals surface area contributed by atoms with Crippen molar-refractivity contribution in [2.45, 2.75) is 6.54 Å². The molecule has 0 aliphatic heterocycles. The van der Waals surface area contributed by atoms with Crippen LogP contribution in [-0.2, 0) is 6.54 Å². The number of phenolic OH excluding ortho intramolecular Hbond substituents is 1. The standard InChI is InChI=1S/C14H12Br2ClNO2/c1-20-13-5-8(4-11(16)14(13)19)7-18-12-6-9(17)2-3-10(12)15/h2-6,18-19H,7H2,1H3. The third kappa shape index (κ3) is 3.59. The number of rotatable bonds is 4. The fourth-order valence-corrected chi connectivity index (χ4v) is 2.76. The van der Waals surface area contributed by atoms with Gasteiger partial charge in [-0.1, -0.05) is 11.6 Å². The van der Waals surface area contributed by atoms with Gasteiger partial charge >= 0.3 is 0 Å². The van der Waals surface area contributed by atoms with Crippen molar-refractivity contribution in [3.8, 4) is 11.5 Å². The summed E-state index contributed by atoms with van der Waals surface area (Å²) in [7, 11) is 1.52. The minimum absolute atomic E-state index is 0.0974. The van der Waals surface area contributed by atoms with Gasteiger partial charge in [-0.25, -0.2) is 0 Å². The summed E-state index contributed by atoms with van der Waals surface area (Å²) in [6, 6.07) is 9.17. The van der Waals surface area contributed by atoms with E-state index in [-0.39, 0.29) is 5.75 Å². The molecule has 0 aliphatic carbocycles. The summed E-state index contributed by atoms with van der Waals surface area (Å²) in [5.41, 5.74) is 1.87. The zero-order chi connectivity index (χ0) is 14.7. The average Bonchev–Trinajstić information content (AvgIpc) is 2.43. The van der Waals surface area contributed by atoms with E-state index in [0.717, 1.165) is 15.7 Å². The smallest absolute Gasteiger partial charge is 0.172 e. The van der Waals surface area contributed by atoms with Crippen LogP contribution in [0, 0.1) is 0 Å². The lowest BCUT2D eigenvalue weighted by Crippen LogP contribution is -2.01. The summed E-state index contributed by atoms with van der Waals surface area (Å²) in [6.07, 6.45) is 0. The Balaban J connectivity index is 2.19. The topological polar surface area (TPSA) is 41.5 Å². The van der Waals surface area contributed by atoms with Gasteiger partial charge in [-0.3, -0.25) is 0 Å². The maximum Gasteiger partial charge on any atom is 0.172 e. The molecule has 0 radical (unpaired) electrons. The Morgan fingerprint density at radius 1 is 1.20 bits per heavy atom. The Labute approximate surface area is 139 Å². The van der Waals surface area contributed by atoms with Gasteiger partial charge in [-0.2, -0.15) is 0 Å². The molecular weight excluding hydrogens is 409 g/mol. The molecule has 0 aliphatic rings. The second kappa shape index (κ2) is 6.70. The molecule has 0 amide bonds. The molecule has 20 heavy (non-hydrogen) atoms. The first-order valence-electron chi connectivity index (χ1n) is 5.75. The van der Waals surface area contributed by atoms with Crippen LogP contribution in [0.15, 0.2) is 39.3 Å². The van der Waals surface area contributed by atoms with Crippen LogP contribution < -0.4 is 10.1 Å². The van der Waals surface area contributed by atoms with E-state index in [4.69, 9.17) is 16.3 Å². The van der Waals surface area contributed by atoms with Crippen molar-refractivity contribution >= 4 is 49.1 Å². The molecule has 0 unspecified atom stereocenters. The predicted molar refractivity (Wildman–Crippen MR) is 88.8 cm³/mol. The van der Waals surface area contributed by atoms with Crippen LogP contribution in [0.3, 0.4) is 0 Å². The molecule has 0 atom stereocenters. The van der Waals surface area contributed by atoms with Crippen LogP contribution in [0.5, 0.6) is 11.5 Å². The van der Waals surface area contributed by atoms with Crippen LogP contribution in [0.25, 0.3) is 0 Å². The lowest BCUT2D eigenvalue weighted by Gasteiger charge is -2.12. The molecule has 2 aromatic rings. The SMILES string of the molecule is COc1cc(CNc2cc(Cl)ccc2Br)cc(Br)c1O. The van der Waals surface area contributed by atoms with Crippen molar-refractivity contribution in [2.75, 3.05) is 12.4 Å². The largest absolute Gasteiger partial charge is 0.503 e. The maximum absolute atomic E-state index is 9.77. The van der Waals surface area contributed by atoms with Gasteiger partial charge in [0.15, 0.2) is 11.5 Å². The molecule has 0 saturated carbocycles. The molecule has 2 aromatic carbocycles. The third-order valence-corrected chi connectivity index (χ3v) is 4.25. The highest BCUT2D eigenvalue weighted by Gasteiger charge is 2.09. The summed E-state index contributed by atoms with van der Waals surface area (Å²) in [6.45, 7) is 0.578. The summed E-state index contributed by atoms with van der Waals surface area (Å²) in [4.78, 5) is 0. The molecule has 0 saturated heterocycles. The number of aromatic hydroxyl groups is 1. The number of benzene rings is 2. The fourth-order valence-electron chi connectivity index (χ4n) is 1.72. The van der Waals surface area contributed by atoms with Crippen molar-refractivity contribution in [3.05, 3.63) is 49.9 Å². The van der Waals surface area contributed by atoms with Crippen LogP contribution in [0.4, 0.5) is 5.69 Å². The van der Waals surface area contributed by atoms with Crippen molar-refractivity contribution in [1.82, 2.24) is 0 Å². The molecule has 106 valence electrons. The summed E-state index contributed by atoms with van der Waals surface area (Å²) < 4.78 is 6.66. The van der Waals surface area contributed by atoms with E-state index in [9.17, 15) is 5.11 Å². The normalized spacial score (nSPS) is 10.4. The van der Waals surface area contributed by atoms with E-state index < -0.39 is 0 Å². The average molecular weight is 422 g/mol. The van der Waals surface area contributed by atoms with Crippen LogP contribution in [0.2, 0.25) is 5.02 Å². The van der Waals surface area contributed by atoms with Gasteiger partial charge in [0.1, 0.15) is 0 Å². The maximum atomic E-state index is 9.77. The molecule has 0 heterocycles. The molecule has 6 heteroatoms. The van der Waals surface area contributed by atoms with E-state index in [2.05, 4.69) is 37.2 Å². The number of phenols is 1. The fraction of sp³-hybridized carbons (Fsp3) is 0.143. The second-order valence-electron chi connectivity index (χ2n) is 4.11. The van der Waals surface area contributed by atoms with Crippen LogP contribution in [0.1, 0.15) is 5.56 Å². The minimum Gasteiger partial charge on any atom is -0.503 e. The Morgan fingerprint density at radius 3 is 2.65 bits per heavy atom. The van der Waals surface area contributed by atoms with E-state index in [1.165, 1.54) is 7.11 Å². The van der Waals surface area contributed by atoms with E-state index >= 15 is 0 Å². The molecule has 2 rings (SSSR count). The first kappa shape index (κ1) is 15.5. The number of hydrogen-bond acceptors (Lipinski definition) is 3. The molecular formula is C14H12Br2ClNO2. The van der Waals surface area contributed by atoms with Gasteiger partial charge in [0, 0.05) is 16.0 Å². The first-order chi connectivity index (χ1) is 9.51. The molecule has 0 fully saturated rings. The third-order valence-electron chi connectivity index (χ3n) is 2.72. The number of nitrogens with one attached hydrogen (secondary N) is 1. The zero-order valence-electron chi connectivity index (χ0n) is 10.6. The highest BCUT2D eigenvalue weighted by Crippen LogP contribution is 2.35. The van der Waals surface area contributed by atoms with Crippen molar-refractivity contribution in [1.29, 1.82) is 0 Å². The van der Waals surface area contributed by atoms with E-state index in [0.29, 0.717) is 21.8 Å². The Kier molecular flexibility index (Phi) is 5.18. The molecule has 2 N–H and O–H groups in total. The summed E-state index contributed by atoms with van der Waals surface area (Å²) in [5.74, 6) is 0.529. The van der Waals surface area contributed by atoms with Gasteiger partial charge in [0.25, 0.3) is 0 Å². The molecule has 0 bridgehead atoms. The molecule has 0 aromatic heterocycles. The van der Waals surface area contributed by atoms with Gasteiger partial charge in [-0.15, -0.1) is 0 Å². The number of ether oxygens (including phenoxy) is 1. The quantitative estimate of drug-likeness (QED) is 0.714. The first-order valence-corrected chi connectivity index (χ1v) is 7.72.